The van der Waals surface area contributed by atoms with Crippen molar-refractivity contribution in [2.75, 3.05) is 0 Å². The molecule has 2 aromatic heterocycles. The van der Waals surface area contributed by atoms with Gasteiger partial charge in [-0.15, -0.1) is 0 Å². The first-order chi connectivity index (χ1) is 23.5. The molecule has 1 aliphatic carbocycles. The summed E-state index contributed by atoms with van der Waals surface area (Å²) in [5.41, 5.74) is 10.5. The molecule has 0 spiro atoms. The Bertz CT molecular complexity index is 2530. The number of fused-ring (bicyclic) bond motifs is 8. The molecule has 0 amide bonds. The SMILES string of the molecule is CC1(C)c2cc3c(cc2-c2cc4c5ccccc5n(-c5cc(-c6ccccc6)nc(-c6ccccc6)n5)c4cc21)Sc1ccccc1S3. The molecular weight excluding hydrogens is 623 g/mol. The Balaban J connectivity index is 1.22. The minimum absolute atomic E-state index is 0.159. The molecular formula is C43H29N3S2. The third-order valence-corrected chi connectivity index (χ3v) is 12.4. The van der Waals surface area contributed by atoms with E-state index in [9.17, 15) is 0 Å². The average molecular weight is 652 g/mol. The van der Waals surface area contributed by atoms with Gasteiger partial charge in [0.25, 0.3) is 0 Å². The maximum atomic E-state index is 5.26. The van der Waals surface area contributed by atoms with Crippen molar-refractivity contribution in [2.24, 2.45) is 0 Å². The second kappa shape index (κ2) is 10.4. The highest BCUT2D eigenvalue weighted by atomic mass is 32.2. The molecule has 48 heavy (non-hydrogen) atoms. The van der Waals surface area contributed by atoms with Crippen LogP contribution in [0.3, 0.4) is 0 Å². The first-order valence-corrected chi connectivity index (χ1v) is 17.9. The molecule has 0 fully saturated rings. The van der Waals surface area contributed by atoms with Gasteiger partial charge < -0.3 is 0 Å². The van der Waals surface area contributed by atoms with Gasteiger partial charge in [0, 0.05) is 53.0 Å². The molecule has 228 valence electrons. The first kappa shape index (κ1) is 28.0. The van der Waals surface area contributed by atoms with Crippen LogP contribution in [0.1, 0.15) is 25.0 Å². The Morgan fingerprint density at radius 2 is 1.10 bits per heavy atom. The van der Waals surface area contributed by atoms with E-state index in [1.54, 1.807) is 0 Å². The highest BCUT2D eigenvalue weighted by Gasteiger charge is 2.38. The van der Waals surface area contributed by atoms with Crippen LogP contribution in [0.25, 0.3) is 61.4 Å². The Labute approximate surface area is 287 Å². The monoisotopic (exact) mass is 651 g/mol. The predicted octanol–water partition coefficient (Wildman–Crippen LogP) is 11.8. The van der Waals surface area contributed by atoms with Crippen LogP contribution >= 0.6 is 23.5 Å². The van der Waals surface area contributed by atoms with Gasteiger partial charge in [-0.3, -0.25) is 4.57 Å². The second-order valence-corrected chi connectivity index (χ2v) is 15.2. The van der Waals surface area contributed by atoms with Gasteiger partial charge in [-0.25, -0.2) is 9.97 Å². The van der Waals surface area contributed by atoms with Crippen molar-refractivity contribution in [2.45, 2.75) is 38.8 Å². The number of hydrogen-bond donors (Lipinski definition) is 0. The summed E-state index contributed by atoms with van der Waals surface area (Å²) in [5.74, 6) is 1.58. The molecule has 0 saturated heterocycles. The zero-order chi connectivity index (χ0) is 32.0. The van der Waals surface area contributed by atoms with E-state index in [1.165, 1.54) is 52.6 Å². The fourth-order valence-electron chi connectivity index (χ4n) is 7.48. The molecule has 5 heteroatoms. The second-order valence-electron chi connectivity index (χ2n) is 13.1. The molecule has 3 heterocycles. The average Bonchev–Trinajstić information content (AvgIpc) is 3.57. The van der Waals surface area contributed by atoms with Crippen LogP contribution in [0.2, 0.25) is 0 Å². The van der Waals surface area contributed by atoms with Crippen LogP contribution in [-0.4, -0.2) is 14.5 Å². The minimum atomic E-state index is -0.159. The van der Waals surface area contributed by atoms with E-state index >= 15 is 0 Å². The van der Waals surface area contributed by atoms with Crippen molar-refractivity contribution < 1.29 is 0 Å². The lowest BCUT2D eigenvalue weighted by molar-refractivity contribution is 0.658. The molecule has 10 rings (SSSR count). The van der Waals surface area contributed by atoms with Gasteiger partial charge in [0.1, 0.15) is 5.82 Å². The summed E-state index contributed by atoms with van der Waals surface area (Å²) in [6.45, 7) is 4.76. The predicted molar refractivity (Wildman–Crippen MR) is 199 cm³/mol. The highest BCUT2D eigenvalue weighted by Crippen LogP contribution is 2.56. The number of rotatable bonds is 3. The number of benzene rings is 6. The molecule has 6 aromatic carbocycles. The number of aromatic nitrogens is 3. The fourth-order valence-corrected chi connectivity index (χ4v) is 9.76. The Hall–Kier alpha value is -5.10. The maximum Gasteiger partial charge on any atom is 0.162 e. The summed E-state index contributed by atoms with van der Waals surface area (Å²) in [7, 11) is 0. The molecule has 0 unspecified atom stereocenters. The van der Waals surface area contributed by atoms with Crippen LogP contribution in [-0.2, 0) is 5.41 Å². The summed E-state index contributed by atoms with van der Waals surface area (Å²) >= 11 is 3.78. The van der Waals surface area contributed by atoms with Crippen molar-refractivity contribution in [1.29, 1.82) is 0 Å². The van der Waals surface area contributed by atoms with E-state index in [0.717, 1.165) is 33.7 Å². The van der Waals surface area contributed by atoms with E-state index in [4.69, 9.17) is 9.97 Å². The minimum Gasteiger partial charge on any atom is -0.294 e. The lowest BCUT2D eigenvalue weighted by atomic mass is 9.82. The third-order valence-electron chi connectivity index (χ3n) is 9.86. The van der Waals surface area contributed by atoms with Gasteiger partial charge in [-0.1, -0.05) is 128 Å². The maximum absolute atomic E-state index is 5.26. The first-order valence-electron chi connectivity index (χ1n) is 16.2. The van der Waals surface area contributed by atoms with Crippen LogP contribution in [0.4, 0.5) is 0 Å². The van der Waals surface area contributed by atoms with Gasteiger partial charge in [0.15, 0.2) is 5.82 Å². The fraction of sp³-hybridized carbons (Fsp3) is 0.0698. The van der Waals surface area contributed by atoms with Crippen LogP contribution in [0, 0.1) is 0 Å². The number of nitrogens with zero attached hydrogens (tertiary/aromatic N) is 3. The Morgan fingerprint density at radius 3 is 1.85 bits per heavy atom. The molecule has 1 aliphatic heterocycles. The molecule has 0 N–H and O–H groups in total. The molecule has 0 bridgehead atoms. The van der Waals surface area contributed by atoms with Crippen LogP contribution in [0.5, 0.6) is 0 Å². The van der Waals surface area contributed by atoms with E-state index in [2.05, 4.69) is 134 Å². The number of hydrogen-bond acceptors (Lipinski definition) is 4. The largest absolute Gasteiger partial charge is 0.294 e. The van der Waals surface area contributed by atoms with Gasteiger partial charge >= 0.3 is 0 Å². The van der Waals surface area contributed by atoms with E-state index in [0.29, 0.717) is 5.82 Å². The van der Waals surface area contributed by atoms with Crippen molar-refractivity contribution in [3.63, 3.8) is 0 Å². The summed E-state index contributed by atoms with van der Waals surface area (Å²) in [4.78, 5) is 15.7. The van der Waals surface area contributed by atoms with E-state index < -0.39 is 0 Å². The quantitative estimate of drug-likeness (QED) is 0.190. The molecule has 0 radical (unpaired) electrons. The molecule has 0 atom stereocenters. The molecule has 2 aliphatic rings. The Kier molecular flexibility index (Phi) is 6.09. The van der Waals surface area contributed by atoms with Gasteiger partial charge in [-0.2, -0.15) is 0 Å². The zero-order valence-electron chi connectivity index (χ0n) is 26.4. The van der Waals surface area contributed by atoms with Crippen molar-refractivity contribution in [1.82, 2.24) is 14.5 Å². The van der Waals surface area contributed by atoms with Crippen molar-refractivity contribution in [3.05, 3.63) is 151 Å². The van der Waals surface area contributed by atoms with E-state index in [1.807, 2.05) is 47.8 Å². The normalized spacial score (nSPS) is 14.0. The summed E-state index contributed by atoms with van der Waals surface area (Å²) < 4.78 is 2.35. The zero-order valence-corrected chi connectivity index (χ0v) is 28.1. The lowest BCUT2D eigenvalue weighted by Crippen LogP contribution is -2.15. The van der Waals surface area contributed by atoms with Crippen molar-refractivity contribution in [3.8, 4) is 39.6 Å². The van der Waals surface area contributed by atoms with E-state index in [-0.39, 0.29) is 5.41 Å². The summed E-state index contributed by atoms with van der Waals surface area (Å²) in [6, 6.07) is 50.1. The molecule has 3 nitrogen and oxygen atoms in total. The van der Waals surface area contributed by atoms with Crippen LogP contribution < -0.4 is 0 Å². The van der Waals surface area contributed by atoms with Gasteiger partial charge in [-0.05, 0) is 64.7 Å². The topological polar surface area (TPSA) is 30.7 Å². The summed E-state index contributed by atoms with van der Waals surface area (Å²) in [5, 5.41) is 2.46. The molecule has 0 saturated carbocycles. The summed E-state index contributed by atoms with van der Waals surface area (Å²) in [6.07, 6.45) is 0. The van der Waals surface area contributed by atoms with Gasteiger partial charge in [0.2, 0.25) is 0 Å². The lowest BCUT2D eigenvalue weighted by Gasteiger charge is -2.24. The standard InChI is InChI=1S/C43H29N3S2/c1-43(2)32-23-36-31(21-29(32)30-22-39-40(24-33(30)43)48-38-20-12-11-19-37(38)47-39)28-17-9-10-18-35(28)46(36)41-25-34(26-13-5-3-6-14-26)44-42(45-41)27-15-7-4-8-16-27/h3-25H,1-2H3. The smallest absolute Gasteiger partial charge is 0.162 e. The number of para-hydroxylation sites is 1. The van der Waals surface area contributed by atoms with Crippen LogP contribution in [0.15, 0.2) is 159 Å². The van der Waals surface area contributed by atoms with Crippen molar-refractivity contribution >= 4 is 45.3 Å². The van der Waals surface area contributed by atoms with Gasteiger partial charge in [0.05, 0.1) is 16.7 Å². The molecule has 8 aromatic rings. The highest BCUT2D eigenvalue weighted by molar-refractivity contribution is 8.05. The Morgan fingerprint density at radius 1 is 0.500 bits per heavy atom. The third kappa shape index (κ3) is 4.17.